The van der Waals surface area contributed by atoms with Gasteiger partial charge in [-0.3, -0.25) is 0 Å². The van der Waals surface area contributed by atoms with Gasteiger partial charge in [-0.1, -0.05) is 19.1 Å². The van der Waals surface area contributed by atoms with E-state index in [0.717, 1.165) is 37.1 Å². The molecule has 1 saturated carbocycles. The zero-order chi connectivity index (χ0) is 19.5. The third kappa shape index (κ3) is 4.86. The van der Waals surface area contributed by atoms with Crippen LogP contribution in [-0.4, -0.2) is 31.6 Å². The van der Waals surface area contributed by atoms with E-state index in [4.69, 9.17) is 9.47 Å². The number of Topliss-reactive ketones (excluding diaryl/α,β-unsaturated/α-hetero) is 1. The third-order valence-electron chi connectivity index (χ3n) is 5.58. The number of hydrogen-bond donors (Lipinski definition) is 0. The fourth-order valence-corrected chi connectivity index (χ4v) is 3.59. The number of hydrogen-bond acceptors (Lipinski definition) is 4. The molecule has 2 aromatic rings. The quantitative estimate of drug-likeness (QED) is 0.626. The summed E-state index contributed by atoms with van der Waals surface area (Å²) in [5.74, 6) is 3.11. The zero-order valence-corrected chi connectivity index (χ0v) is 16.8. The van der Waals surface area contributed by atoms with Crippen molar-refractivity contribution in [1.82, 2.24) is 0 Å². The monoisotopic (exact) mass is 379 g/mol. The molecule has 0 N–H and O–H groups in total. The lowest BCUT2D eigenvalue weighted by atomic mass is 9.96. The Hall–Kier alpha value is -2.49. The van der Waals surface area contributed by atoms with Gasteiger partial charge in [0.25, 0.3) is 0 Å². The van der Waals surface area contributed by atoms with Crippen molar-refractivity contribution in [3.8, 4) is 11.5 Å². The molecule has 0 aromatic heterocycles. The van der Waals surface area contributed by atoms with Crippen LogP contribution in [0.4, 0.5) is 5.69 Å². The van der Waals surface area contributed by atoms with E-state index in [-0.39, 0.29) is 17.8 Å². The molecule has 0 amide bonds. The second-order valence-corrected chi connectivity index (χ2v) is 8.27. The minimum Gasteiger partial charge on any atom is -0.493 e. The molecule has 0 unspecified atom stereocenters. The molecule has 4 rings (SSSR count). The van der Waals surface area contributed by atoms with Gasteiger partial charge in [0.05, 0.1) is 19.7 Å². The standard InChI is InChI=1S/C24H29NO3/c1-17(13-18(2)26)20-5-9-23(10-6-20)28-24-14-25(15-24)21-7-11-22(12-8-21)27-16-19-3-4-19/h5-12,17,19,24H,3-4,13-16H2,1-2H3/t17-/m1/s1. The zero-order valence-electron chi connectivity index (χ0n) is 16.8. The second kappa shape index (κ2) is 8.26. The van der Waals surface area contributed by atoms with E-state index in [0.29, 0.717) is 6.42 Å². The topological polar surface area (TPSA) is 38.8 Å². The molecule has 1 aliphatic carbocycles. The van der Waals surface area contributed by atoms with Gasteiger partial charge in [0.1, 0.15) is 23.4 Å². The van der Waals surface area contributed by atoms with Crippen molar-refractivity contribution in [3.63, 3.8) is 0 Å². The molecular weight excluding hydrogens is 350 g/mol. The fraction of sp³-hybridized carbons (Fsp3) is 0.458. The average Bonchev–Trinajstić information content (AvgIpc) is 3.48. The molecule has 0 bridgehead atoms. The molecular formula is C24H29NO3. The predicted octanol–water partition coefficient (Wildman–Crippen LogP) is 4.83. The number of ketones is 1. The maximum absolute atomic E-state index is 11.3. The van der Waals surface area contributed by atoms with Gasteiger partial charge in [-0.25, -0.2) is 0 Å². The smallest absolute Gasteiger partial charge is 0.133 e. The van der Waals surface area contributed by atoms with Crippen LogP contribution in [0, 0.1) is 5.92 Å². The van der Waals surface area contributed by atoms with Gasteiger partial charge in [0.2, 0.25) is 0 Å². The van der Waals surface area contributed by atoms with E-state index in [1.807, 2.05) is 12.1 Å². The molecule has 2 aromatic carbocycles. The summed E-state index contributed by atoms with van der Waals surface area (Å²) in [7, 11) is 0. The Kier molecular flexibility index (Phi) is 5.56. The van der Waals surface area contributed by atoms with Crippen molar-refractivity contribution in [2.24, 2.45) is 5.92 Å². The van der Waals surface area contributed by atoms with Crippen LogP contribution in [0.1, 0.15) is 44.6 Å². The summed E-state index contributed by atoms with van der Waals surface area (Å²) in [6.07, 6.45) is 3.43. The fourth-order valence-electron chi connectivity index (χ4n) is 3.59. The molecule has 148 valence electrons. The van der Waals surface area contributed by atoms with Gasteiger partial charge in [0.15, 0.2) is 0 Å². The van der Waals surface area contributed by atoms with Crippen molar-refractivity contribution < 1.29 is 14.3 Å². The molecule has 4 heteroatoms. The van der Waals surface area contributed by atoms with Crippen LogP contribution in [0.25, 0.3) is 0 Å². The predicted molar refractivity (Wildman–Crippen MR) is 111 cm³/mol. The lowest BCUT2D eigenvalue weighted by Crippen LogP contribution is -2.54. The van der Waals surface area contributed by atoms with Crippen molar-refractivity contribution in [3.05, 3.63) is 54.1 Å². The Morgan fingerprint density at radius 3 is 2.29 bits per heavy atom. The number of carbonyl (C=O) groups is 1. The van der Waals surface area contributed by atoms with Crippen LogP contribution >= 0.6 is 0 Å². The molecule has 1 aliphatic heterocycles. The minimum absolute atomic E-state index is 0.214. The molecule has 0 radical (unpaired) electrons. The summed E-state index contributed by atoms with van der Waals surface area (Å²) >= 11 is 0. The van der Waals surface area contributed by atoms with Crippen molar-refractivity contribution in [2.75, 3.05) is 24.6 Å². The van der Waals surface area contributed by atoms with Crippen LogP contribution in [-0.2, 0) is 4.79 Å². The first-order valence-corrected chi connectivity index (χ1v) is 10.3. The summed E-state index contributed by atoms with van der Waals surface area (Å²) < 4.78 is 11.9. The first-order valence-electron chi connectivity index (χ1n) is 10.3. The van der Waals surface area contributed by atoms with E-state index in [1.54, 1.807) is 6.92 Å². The van der Waals surface area contributed by atoms with E-state index in [2.05, 4.69) is 48.2 Å². The number of nitrogens with zero attached hydrogens (tertiary/aromatic N) is 1. The highest BCUT2D eigenvalue weighted by molar-refractivity contribution is 5.76. The van der Waals surface area contributed by atoms with E-state index in [1.165, 1.54) is 24.1 Å². The maximum atomic E-state index is 11.3. The molecule has 0 spiro atoms. The summed E-state index contributed by atoms with van der Waals surface area (Å²) in [6.45, 7) is 6.37. The van der Waals surface area contributed by atoms with E-state index < -0.39 is 0 Å². The number of benzene rings is 2. The first kappa shape index (κ1) is 18.9. The molecule has 28 heavy (non-hydrogen) atoms. The highest BCUT2D eigenvalue weighted by Gasteiger charge is 2.29. The van der Waals surface area contributed by atoms with E-state index >= 15 is 0 Å². The molecule has 2 fully saturated rings. The SMILES string of the molecule is CC(=O)C[C@@H](C)c1ccc(OC2CN(c3ccc(OCC4CC4)cc3)C2)cc1. The lowest BCUT2D eigenvalue weighted by molar-refractivity contribution is -0.117. The van der Waals surface area contributed by atoms with Gasteiger partial charge < -0.3 is 19.2 Å². The highest BCUT2D eigenvalue weighted by Crippen LogP contribution is 2.31. The van der Waals surface area contributed by atoms with Crippen molar-refractivity contribution in [1.29, 1.82) is 0 Å². The van der Waals surface area contributed by atoms with Crippen LogP contribution in [0.5, 0.6) is 11.5 Å². The van der Waals surface area contributed by atoms with Gasteiger partial charge in [-0.15, -0.1) is 0 Å². The van der Waals surface area contributed by atoms with Crippen LogP contribution < -0.4 is 14.4 Å². The van der Waals surface area contributed by atoms with Gasteiger partial charge in [-0.2, -0.15) is 0 Å². The Balaban J connectivity index is 1.23. The number of rotatable bonds is 9. The first-order chi connectivity index (χ1) is 13.6. The van der Waals surface area contributed by atoms with Gasteiger partial charge in [0, 0.05) is 12.1 Å². The summed E-state index contributed by atoms with van der Waals surface area (Å²) in [5.41, 5.74) is 2.40. The Labute approximate surface area is 167 Å². The average molecular weight is 380 g/mol. The van der Waals surface area contributed by atoms with Gasteiger partial charge in [-0.05, 0) is 73.6 Å². The molecule has 1 saturated heterocycles. The Morgan fingerprint density at radius 2 is 1.68 bits per heavy atom. The van der Waals surface area contributed by atoms with Crippen LogP contribution in [0.2, 0.25) is 0 Å². The van der Waals surface area contributed by atoms with Crippen LogP contribution in [0.3, 0.4) is 0 Å². The lowest BCUT2D eigenvalue weighted by Gasteiger charge is -2.40. The van der Waals surface area contributed by atoms with E-state index in [9.17, 15) is 4.79 Å². The Bertz CT molecular complexity index is 790. The third-order valence-corrected chi connectivity index (χ3v) is 5.58. The largest absolute Gasteiger partial charge is 0.493 e. The van der Waals surface area contributed by atoms with Crippen LogP contribution in [0.15, 0.2) is 48.5 Å². The summed E-state index contributed by atoms with van der Waals surface area (Å²) in [6, 6.07) is 16.5. The number of carbonyl (C=O) groups excluding carboxylic acids is 1. The second-order valence-electron chi connectivity index (χ2n) is 8.27. The maximum Gasteiger partial charge on any atom is 0.133 e. The van der Waals surface area contributed by atoms with Gasteiger partial charge >= 0.3 is 0 Å². The molecule has 4 nitrogen and oxygen atoms in total. The molecule has 2 aliphatic rings. The Morgan fingerprint density at radius 1 is 1.04 bits per heavy atom. The summed E-state index contributed by atoms with van der Waals surface area (Å²) in [4.78, 5) is 13.6. The van der Waals surface area contributed by atoms with Crippen molar-refractivity contribution in [2.45, 2.75) is 45.1 Å². The highest BCUT2D eigenvalue weighted by atomic mass is 16.5. The summed E-state index contributed by atoms with van der Waals surface area (Å²) in [5, 5.41) is 0. The van der Waals surface area contributed by atoms with Crippen molar-refractivity contribution >= 4 is 11.5 Å². The normalized spacial score (nSPS) is 17.7. The number of ether oxygens (including phenoxy) is 2. The molecule has 1 atom stereocenters. The number of anilines is 1. The molecule has 1 heterocycles. The minimum atomic E-state index is 0.214.